The molecule has 0 fully saturated rings. The number of nitrogens with zero attached hydrogens (tertiary/aromatic N) is 2. The number of halogens is 2. The molecule has 2 amide bonds. The smallest absolute Gasteiger partial charge is 0.407 e. The van der Waals surface area contributed by atoms with Gasteiger partial charge in [-0.05, 0) is 63.9 Å². The molecule has 1 N–H and O–H groups in total. The standard InChI is InChI=1S/C41H41F2N3O3/c1-41(2,3)39(38-22-29(35-23-30(42)18-19-37(35)43)25-46(38)24-28-12-5-4-6-13-28)45(27-47)21-11-20-44-40(48)49-26-36-33-16-9-7-14-31(33)32-15-8-10-17-34(32)36/h4-10,12-19,22-23,25,27,36,39H,11,20-21,24,26H2,1-3H3,(H,44,48). The molecule has 1 atom stereocenters. The van der Waals surface area contributed by atoms with E-state index >= 15 is 0 Å². The van der Waals surface area contributed by atoms with E-state index in [2.05, 4.69) is 29.6 Å². The Bertz CT molecular complexity index is 1890. The Balaban J connectivity index is 1.15. The first-order chi connectivity index (χ1) is 23.6. The van der Waals surface area contributed by atoms with Gasteiger partial charge in [0, 0.05) is 48.6 Å². The number of fused-ring (bicyclic) bond motifs is 3. The third-order valence-corrected chi connectivity index (χ3v) is 9.14. The van der Waals surface area contributed by atoms with Crippen molar-refractivity contribution in [3.8, 4) is 22.3 Å². The number of carbonyl (C=O) groups excluding carboxylic acids is 2. The van der Waals surface area contributed by atoms with Gasteiger partial charge in [0.25, 0.3) is 0 Å². The third kappa shape index (κ3) is 7.43. The van der Waals surface area contributed by atoms with Gasteiger partial charge in [-0.3, -0.25) is 4.79 Å². The summed E-state index contributed by atoms with van der Waals surface area (Å²) in [6.45, 7) is 7.51. The van der Waals surface area contributed by atoms with Crippen LogP contribution in [0.15, 0.2) is 109 Å². The highest BCUT2D eigenvalue weighted by molar-refractivity contribution is 5.79. The SMILES string of the molecule is CC(C)(C)C(c1cc(-c2cc(F)ccc2F)cn1Cc1ccccc1)N(C=O)CCCNC(=O)OCC1c2ccccc2-c2ccccc21. The largest absolute Gasteiger partial charge is 0.449 e. The van der Waals surface area contributed by atoms with Crippen molar-refractivity contribution in [3.05, 3.63) is 143 Å². The summed E-state index contributed by atoms with van der Waals surface area (Å²) < 4.78 is 36.9. The number of rotatable bonds is 12. The number of amides is 2. The lowest BCUT2D eigenvalue weighted by molar-refractivity contribution is -0.123. The van der Waals surface area contributed by atoms with Gasteiger partial charge in [-0.15, -0.1) is 0 Å². The van der Waals surface area contributed by atoms with E-state index in [4.69, 9.17) is 4.74 Å². The van der Waals surface area contributed by atoms with Crippen LogP contribution in [0, 0.1) is 17.0 Å². The van der Waals surface area contributed by atoms with Crippen molar-refractivity contribution in [2.45, 2.75) is 45.7 Å². The lowest BCUT2D eigenvalue weighted by atomic mass is 9.83. The highest BCUT2D eigenvalue weighted by Gasteiger charge is 2.34. The number of alkyl carbamates (subject to hydrolysis) is 1. The summed E-state index contributed by atoms with van der Waals surface area (Å²) >= 11 is 0. The van der Waals surface area contributed by atoms with Gasteiger partial charge in [0.2, 0.25) is 6.41 Å². The van der Waals surface area contributed by atoms with Crippen LogP contribution in [-0.4, -0.2) is 41.7 Å². The maximum Gasteiger partial charge on any atom is 0.407 e. The maximum absolute atomic E-state index is 14.9. The summed E-state index contributed by atoms with van der Waals surface area (Å²) in [4.78, 5) is 27.2. The highest BCUT2D eigenvalue weighted by Crippen LogP contribution is 2.44. The molecule has 0 radical (unpaired) electrons. The number of nitrogens with one attached hydrogen (secondary N) is 1. The van der Waals surface area contributed by atoms with E-state index in [1.807, 2.05) is 92.2 Å². The summed E-state index contributed by atoms with van der Waals surface area (Å²) in [6.07, 6.45) is 2.62. The van der Waals surface area contributed by atoms with Gasteiger partial charge in [0.05, 0.1) is 6.04 Å². The van der Waals surface area contributed by atoms with Crippen molar-refractivity contribution in [2.75, 3.05) is 19.7 Å². The van der Waals surface area contributed by atoms with Crippen molar-refractivity contribution < 1.29 is 23.1 Å². The van der Waals surface area contributed by atoms with Gasteiger partial charge in [0.1, 0.15) is 18.2 Å². The second kappa shape index (κ2) is 14.5. The summed E-state index contributed by atoms with van der Waals surface area (Å²) in [5.74, 6) is -1.09. The minimum Gasteiger partial charge on any atom is -0.449 e. The van der Waals surface area contributed by atoms with Gasteiger partial charge >= 0.3 is 6.09 Å². The fourth-order valence-corrected chi connectivity index (χ4v) is 7.00. The molecule has 5 aromatic rings. The molecule has 252 valence electrons. The van der Waals surface area contributed by atoms with Crippen molar-refractivity contribution in [1.29, 1.82) is 0 Å². The first-order valence-corrected chi connectivity index (χ1v) is 16.6. The van der Waals surface area contributed by atoms with Crippen molar-refractivity contribution in [3.63, 3.8) is 0 Å². The van der Waals surface area contributed by atoms with Gasteiger partial charge in [-0.25, -0.2) is 13.6 Å². The predicted octanol–water partition coefficient (Wildman–Crippen LogP) is 8.96. The van der Waals surface area contributed by atoms with Gasteiger partial charge < -0.3 is 19.5 Å². The molecule has 0 saturated heterocycles. The fourth-order valence-electron chi connectivity index (χ4n) is 7.00. The Kier molecular flexibility index (Phi) is 9.95. The number of carbonyl (C=O) groups is 2. The van der Waals surface area contributed by atoms with Crippen LogP contribution in [0.3, 0.4) is 0 Å². The molecule has 0 spiro atoms. The monoisotopic (exact) mass is 661 g/mol. The minimum absolute atomic E-state index is 0.0332. The number of ether oxygens (including phenoxy) is 1. The fraction of sp³-hybridized carbons (Fsp3) is 0.268. The Hall–Kier alpha value is -5.24. The molecule has 1 heterocycles. The van der Waals surface area contributed by atoms with Crippen LogP contribution in [-0.2, 0) is 16.1 Å². The summed E-state index contributed by atoms with van der Waals surface area (Å²) in [5, 5.41) is 2.85. The molecule has 8 heteroatoms. The first-order valence-electron chi connectivity index (χ1n) is 16.6. The zero-order valence-electron chi connectivity index (χ0n) is 28.0. The van der Waals surface area contributed by atoms with Crippen LogP contribution in [0.5, 0.6) is 0 Å². The Morgan fingerprint density at radius 2 is 1.55 bits per heavy atom. The van der Waals surface area contributed by atoms with Crippen LogP contribution in [0.25, 0.3) is 22.3 Å². The number of hydrogen-bond acceptors (Lipinski definition) is 3. The van der Waals surface area contributed by atoms with Crippen molar-refractivity contribution in [1.82, 2.24) is 14.8 Å². The number of aromatic nitrogens is 1. The van der Waals surface area contributed by atoms with Gasteiger partial charge in [0.15, 0.2) is 0 Å². The quantitative estimate of drug-likeness (QED) is 0.107. The lowest BCUT2D eigenvalue weighted by Crippen LogP contribution is -2.39. The van der Waals surface area contributed by atoms with E-state index in [0.717, 1.165) is 52.1 Å². The zero-order valence-corrected chi connectivity index (χ0v) is 28.0. The maximum atomic E-state index is 14.9. The summed E-state index contributed by atoms with van der Waals surface area (Å²) in [7, 11) is 0. The number of hydrogen-bond donors (Lipinski definition) is 1. The van der Waals surface area contributed by atoms with Gasteiger partial charge in [-0.2, -0.15) is 0 Å². The van der Waals surface area contributed by atoms with Crippen LogP contribution in [0.1, 0.15) is 61.5 Å². The van der Waals surface area contributed by atoms with E-state index in [1.165, 1.54) is 6.07 Å². The van der Waals surface area contributed by atoms with Crippen LogP contribution >= 0.6 is 0 Å². The van der Waals surface area contributed by atoms with Crippen LogP contribution in [0.2, 0.25) is 0 Å². The molecular weight excluding hydrogens is 620 g/mol. The van der Waals surface area contributed by atoms with E-state index in [9.17, 15) is 18.4 Å². The molecule has 6 rings (SSSR count). The van der Waals surface area contributed by atoms with E-state index in [1.54, 1.807) is 4.90 Å². The van der Waals surface area contributed by atoms with Gasteiger partial charge in [-0.1, -0.05) is 99.6 Å². The van der Waals surface area contributed by atoms with Crippen LogP contribution in [0.4, 0.5) is 13.6 Å². The van der Waals surface area contributed by atoms with Crippen molar-refractivity contribution >= 4 is 12.5 Å². The molecule has 1 unspecified atom stereocenters. The molecule has 0 aliphatic heterocycles. The molecule has 1 aromatic heterocycles. The summed E-state index contributed by atoms with van der Waals surface area (Å²) in [6, 6.07) is 31.1. The Morgan fingerprint density at radius 3 is 2.20 bits per heavy atom. The average Bonchev–Trinajstić information content (AvgIpc) is 3.64. The predicted molar refractivity (Wildman–Crippen MR) is 188 cm³/mol. The van der Waals surface area contributed by atoms with E-state index < -0.39 is 29.2 Å². The second-order valence-corrected chi connectivity index (χ2v) is 13.6. The normalized spacial score (nSPS) is 13.0. The topological polar surface area (TPSA) is 63.6 Å². The Morgan fingerprint density at radius 1 is 0.898 bits per heavy atom. The summed E-state index contributed by atoms with van der Waals surface area (Å²) in [5.41, 5.74) is 6.71. The highest BCUT2D eigenvalue weighted by atomic mass is 19.1. The molecule has 49 heavy (non-hydrogen) atoms. The second-order valence-electron chi connectivity index (χ2n) is 13.6. The molecular formula is C41H41F2N3O3. The van der Waals surface area contributed by atoms with E-state index in [0.29, 0.717) is 31.6 Å². The van der Waals surface area contributed by atoms with Crippen LogP contribution < -0.4 is 5.32 Å². The zero-order chi connectivity index (χ0) is 34.5. The molecule has 4 aromatic carbocycles. The molecule has 6 nitrogen and oxygen atoms in total. The average molecular weight is 662 g/mol. The third-order valence-electron chi connectivity index (χ3n) is 9.14. The van der Waals surface area contributed by atoms with E-state index in [-0.39, 0.29) is 18.1 Å². The minimum atomic E-state index is -0.528. The molecule has 1 aliphatic carbocycles. The van der Waals surface area contributed by atoms with Crippen molar-refractivity contribution in [2.24, 2.45) is 5.41 Å². The molecule has 0 saturated carbocycles. The lowest BCUT2D eigenvalue weighted by Gasteiger charge is -2.39. The Labute approximate surface area is 286 Å². The first kappa shape index (κ1) is 33.7. The molecule has 1 aliphatic rings. The number of benzene rings is 4. The molecule has 0 bridgehead atoms.